The molecule has 6 nitrogen and oxygen atoms in total. The quantitative estimate of drug-likeness (QED) is 0.689. The third-order valence-electron chi connectivity index (χ3n) is 2.40. The largest absolute Gasteiger partial charge is 0.306 e. The van der Waals surface area contributed by atoms with Crippen LogP contribution in [0.25, 0.3) is 5.65 Å². The van der Waals surface area contributed by atoms with E-state index in [-0.39, 0.29) is 0 Å². The Bertz CT molecular complexity index is 691. The van der Waals surface area contributed by atoms with Crippen LogP contribution in [0.3, 0.4) is 0 Å². The Hall–Kier alpha value is -1.41. The first-order valence-electron chi connectivity index (χ1n) is 5.21. The maximum absolute atomic E-state index is 4.53. The van der Waals surface area contributed by atoms with E-state index in [1.807, 2.05) is 36.0 Å². The second-order valence-electron chi connectivity index (χ2n) is 3.72. The molecule has 0 unspecified atom stereocenters. The smallest absolute Gasteiger partial charge is 0.209 e. The summed E-state index contributed by atoms with van der Waals surface area (Å²) in [7, 11) is 1.82. The molecule has 8 heteroatoms. The van der Waals surface area contributed by atoms with Gasteiger partial charge in [0.15, 0.2) is 0 Å². The first kappa shape index (κ1) is 11.7. The Morgan fingerprint density at radius 3 is 3.00 bits per heavy atom. The number of pyridine rings is 1. The van der Waals surface area contributed by atoms with Crippen LogP contribution in [0.5, 0.6) is 0 Å². The van der Waals surface area contributed by atoms with Gasteiger partial charge in [0.2, 0.25) is 5.16 Å². The highest BCUT2D eigenvalue weighted by atomic mass is 79.9. The Morgan fingerprint density at radius 2 is 2.22 bits per heavy atom. The monoisotopic (exact) mass is 324 g/mol. The topological polar surface area (TPSA) is 60.9 Å². The van der Waals surface area contributed by atoms with Crippen LogP contribution in [0.4, 0.5) is 0 Å². The molecule has 3 aromatic heterocycles. The molecule has 0 aliphatic heterocycles. The van der Waals surface area contributed by atoms with Crippen molar-refractivity contribution in [2.24, 2.45) is 7.05 Å². The summed E-state index contributed by atoms with van der Waals surface area (Å²) in [5.74, 6) is 0.744. The van der Waals surface area contributed by atoms with Gasteiger partial charge < -0.3 is 4.40 Å². The van der Waals surface area contributed by atoms with Gasteiger partial charge >= 0.3 is 0 Å². The van der Waals surface area contributed by atoms with Crippen molar-refractivity contribution in [1.82, 2.24) is 29.6 Å². The van der Waals surface area contributed by atoms with Crippen LogP contribution in [-0.4, -0.2) is 29.6 Å². The van der Waals surface area contributed by atoms with E-state index in [1.165, 1.54) is 0 Å². The number of aromatic nitrogens is 6. The van der Waals surface area contributed by atoms with Gasteiger partial charge in [0.1, 0.15) is 5.65 Å². The Morgan fingerprint density at radius 1 is 1.33 bits per heavy atom. The number of hydrogen-bond acceptors (Lipinski definition) is 5. The van der Waals surface area contributed by atoms with Gasteiger partial charge in [-0.25, -0.2) is 9.67 Å². The van der Waals surface area contributed by atoms with E-state index in [1.54, 1.807) is 16.4 Å². The summed E-state index contributed by atoms with van der Waals surface area (Å²) >= 11 is 5.00. The van der Waals surface area contributed by atoms with Crippen LogP contribution in [-0.2, 0) is 12.8 Å². The van der Waals surface area contributed by atoms with Gasteiger partial charge in [-0.2, -0.15) is 0 Å². The van der Waals surface area contributed by atoms with Gasteiger partial charge in [-0.1, -0.05) is 11.8 Å². The van der Waals surface area contributed by atoms with Crippen LogP contribution in [0.1, 0.15) is 5.69 Å². The number of nitrogens with zero attached hydrogens (tertiary/aromatic N) is 6. The van der Waals surface area contributed by atoms with Crippen LogP contribution >= 0.6 is 27.7 Å². The summed E-state index contributed by atoms with van der Waals surface area (Å²) in [5, 5.41) is 12.1. The molecule has 3 heterocycles. The van der Waals surface area contributed by atoms with Crippen molar-refractivity contribution in [1.29, 1.82) is 0 Å². The van der Waals surface area contributed by atoms with Crippen molar-refractivity contribution in [3.63, 3.8) is 0 Å². The highest BCUT2D eigenvalue weighted by Gasteiger charge is 2.06. The van der Waals surface area contributed by atoms with Crippen LogP contribution in [0.2, 0.25) is 0 Å². The maximum Gasteiger partial charge on any atom is 0.209 e. The molecular formula is C10H9BrN6S. The molecule has 0 fully saturated rings. The van der Waals surface area contributed by atoms with Crippen LogP contribution < -0.4 is 0 Å². The minimum absolute atomic E-state index is 0.744. The van der Waals surface area contributed by atoms with Crippen molar-refractivity contribution in [3.8, 4) is 0 Å². The molecular weight excluding hydrogens is 316 g/mol. The molecule has 0 aromatic carbocycles. The highest BCUT2D eigenvalue weighted by Crippen LogP contribution is 2.20. The lowest BCUT2D eigenvalue weighted by atomic mass is 10.5. The van der Waals surface area contributed by atoms with Crippen LogP contribution in [0, 0.1) is 0 Å². The number of hydrogen-bond donors (Lipinski definition) is 0. The zero-order valence-electron chi connectivity index (χ0n) is 9.49. The Labute approximate surface area is 116 Å². The normalized spacial score (nSPS) is 11.2. The lowest BCUT2D eigenvalue weighted by Gasteiger charge is -1.95. The summed E-state index contributed by atoms with van der Waals surface area (Å²) in [6.45, 7) is 0. The van der Waals surface area contributed by atoms with E-state index in [2.05, 4.69) is 36.4 Å². The second kappa shape index (κ2) is 4.69. The molecule has 0 amide bonds. The first-order valence-corrected chi connectivity index (χ1v) is 6.98. The van der Waals surface area contributed by atoms with Gasteiger partial charge in [0.25, 0.3) is 0 Å². The second-order valence-corrected chi connectivity index (χ2v) is 5.58. The predicted molar refractivity (Wildman–Crippen MR) is 71.3 cm³/mol. The first-order chi connectivity index (χ1) is 8.72. The molecule has 0 aliphatic carbocycles. The predicted octanol–water partition coefficient (Wildman–Crippen LogP) is 1.91. The van der Waals surface area contributed by atoms with Crippen molar-refractivity contribution in [3.05, 3.63) is 34.7 Å². The number of halogens is 1. The van der Waals surface area contributed by atoms with Crippen molar-refractivity contribution in [2.75, 3.05) is 0 Å². The minimum Gasteiger partial charge on any atom is -0.306 e. The fourth-order valence-corrected chi connectivity index (χ4v) is 2.66. The summed E-state index contributed by atoms with van der Waals surface area (Å²) in [6.07, 6.45) is 4.00. The highest BCUT2D eigenvalue weighted by molar-refractivity contribution is 9.10. The zero-order chi connectivity index (χ0) is 12.5. The molecule has 0 N–H and O–H groups in total. The third kappa shape index (κ3) is 2.25. The lowest BCUT2D eigenvalue weighted by Crippen LogP contribution is -1.93. The van der Waals surface area contributed by atoms with E-state index >= 15 is 0 Å². The number of imidazole rings is 1. The van der Waals surface area contributed by atoms with E-state index in [0.717, 1.165) is 26.7 Å². The van der Waals surface area contributed by atoms with Gasteiger partial charge in [0.05, 0.1) is 5.69 Å². The molecule has 0 saturated carbocycles. The van der Waals surface area contributed by atoms with Gasteiger partial charge in [-0.05, 0) is 38.5 Å². The SMILES string of the molecule is Cn1nnnc1SCc1cn2cc(Br)ccc2n1. The zero-order valence-corrected chi connectivity index (χ0v) is 11.9. The number of thioether (sulfide) groups is 1. The number of rotatable bonds is 3. The standard InChI is InChI=1S/C10H9BrN6S/c1-16-10(13-14-15-16)18-6-8-5-17-4-7(11)2-3-9(17)12-8/h2-5H,6H2,1H3. The Balaban J connectivity index is 1.81. The van der Waals surface area contributed by atoms with E-state index in [4.69, 9.17) is 0 Å². The van der Waals surface area contributed by atoms with E-state index in [9.17, 15) is 0 Å². The summed E-state index contributed by atoms with van der Waals surface area (Å²) < 4.78 is 4.68. The lowest BCUT2D eigenvalue weighted by molar-refractivity contribution is 0.664. The Kier molecular flexibility index (Phi) is 3.04. The van der Waals surface area contributed by atoms with Gasteiger partial charge in [-0.15, -0.1) is 5.10 Å². The molecule has 0 radical (unpaired) electrons. The number of aryl methyl sites for hydroxylation is 1. The number of fused-ring (bicyclic) bond motifs is 1. The van der Waals surface area contributed by atoms with Gasteiger partial charge in [-0.3, -0.25) is 0 Å². The molecule has 0 aliphatic rings. The number of tetrazole rings is 1. The third-order valence-corrected chi connectivity index (χ3v) is 3.91. The summed E-state index contributed by atoms with van der Waals surface area (Å²) in [6, 6.07) is 3.95. The molecule has 3 aromatic rings. The average molecular weight is 325 g/mol. The molecule has 3 rings (SSSR count). The van der Waals surface area contributed by atoms with Crippen LogP contribution in [0.15, 0.2) is 34.2 Å². The van der Waals surface area contributed by atoms with E-state index in [0.29, 0.717) is 0 Å². The van der Waals surface area contributed by atoms with Gasteiger partial charge in [0, 0.05) is 29.7 Å². The molecule has 0 saturated heterocycles. The average Bonchev–Trinajstić information content (AvgIpc) is 2.92. The molecule has 0 atom stereocenters. The van der Waals surface area contributed by atoms with Crippen molar-refractivity contribution >= 4 is 33.3 Å². The maximum atomic E-state index is 4.53. The summed E-state index contributed by atoms with van der Waals surface area (Å²) in [5.41, 5.74) is 1.94. The fourth-order valence-electron chi connectivity index (χ4n) is 1.57. The fraction of sp³-hybridized carbons (Fsp3) is 0.200. The van der Waals surface area contributed by atoms with Crippen molar-refractivity contribution < 1.29 is 0 Å². The van der Waals surface area contributed by atoms with E-state index < -0.39 is 0 Å². The molecule has 0 bridgehead atoms. The molecule has 92 valence electrons. The molecule has 0 spiro atoms. The molecule has 18 heavy (non-hydrogen) atoms. The van der Waals surface area contributed by atoms with Crippen molar-refractivity contribution in [2.45, 2.75) is 10.9 Å². The summed E-state index contributed by atoms with van der Waals surface area (Å²) in [4.78, 5) is 4.53. The minimum atomic E-state index is 0.744.